The fraction of sp³-hybridized carbons (Fsp3) is 0.167. The zero-order valence-corrected chi connectivity index (χ0v) is 16.0. The van der Waals surface area contributed by atoms with E-state index in [9.17, 15) is 14.9 Å². The first kappa shape index (κ1) is 19.0. The van der Waals surface area contributed by atoms with Gasteiger partial charge in [0.1, 0.15) is 0 Å². The van der Waals surface area contributed by atoms with E-state index in [1.54, 1.807) is 11.8 Å². The molecule has 7 nitrogen and oxygen atoms in total. The molecule has 3 rings (SSSR count). The fourth-order valence-corrected chi connectivity index (χ4v) is 4.00. The molecule has 0 amide bonds. The average Bonchev–Trinajstić information content (AvgIpc) is 3.12. The minimum atomic E-state index is -0.496. The number of rotatable bonds is 8. The maximum absolute atomic E-state index is 12.2. The van der Waals surface area contributed by atoms with Crippen molar-refractivity contribution in [2.45, 2.75) is 17.0 Å². The Kier molecular flexibility index (Phi) is 6.15. The van der Waals surface area contributed by atoms with Crippen LogP contribution in [0.25, 0.3) is 0 Å². The van der Waals surface area contributed by atoms with Crippen LogP contribution >= 0.6 is 23.1 Å². The molecule has 0 spiro atoms. The van der Waals surface area contributed by atoms with Crippen LogP contribution in [0.1, 0.15) is 21.5 Å². The van der Waals surface area contributed by atoms with Gasteiger partial charge in [0.2, 0.25) is 5.13 Å². The van der Waals surface area contributed by atoms with E-state index >= 15 is 0 Å². The van der Waals surface area contributed by atoms with Gasteiger partial charge in [-0.05, 0) is 24.6 Å². The second-order valence-corrected chi connectivity index (χ2v) is 7.93. The van der Waals surface area contributed by atoms with Crippen molar-refractivity contribution in [2.75, 3.05) is 11.9 Å². The van der Waals surface area contributed by atoms with E-state index in [1.165, 1.54) is 46.7 Å². The van der Waals surface area contributed by atoms with E-state index in [1.807, 2.05) is 6.07 Å². The third-order valence-corrected chi connectivity index (χ3v) is 5.74. The summed E-state index contributed by atoms with van der Waals surface area (Å²) in [4.78, 5) is 22.3. The molecule has 1 heterocycles. The number of nitro groups is 1. The minimum absolute atomic E-state index is 0.0427. The van der Waals surface area contributed by atoms with E-state index in [2.05, 4.69) is 40.6 Å². The van der Waals surface area contributed by atoms with Gasteiger partial charge in [-0.1, -0.05) is 52.9 Å². The quantitative estimate of drug-likeness (QED) is 0.260. The molecular formula is C18H16N4O3S2. The SMILES string of the molecule is Cc1cccc(CSc2nnc(NCC(=O)c3ccc([N+](=O)[O-])cc3)s2)c1. The number of aromatic nitrogens is 2. The number of ketones is 1. The Hall–Kier alpha value is -2.78. The van der Waals surface area contributed by atoms with Crippen LogP contribution in [0.4, 0.5) is 10.8 Å². The van der Waals surface area contributed by atoms with E-state index in [-0.39, 0.29) is 18.0 Å². The molecule has 138 valence electrons. The summed E-state index contributed by atoms with van der Waals surface area (Å²) in [6, 6.07) is 13.8. The largest absolute Gasteiger partial charge is 0.353 e. The molecule has 2 aromatic carbocycles. The van der Waals surface area contributed by atoms with Crippen LogP contribution in [-0.4, -0.2) is 27.4 Å². The van der Waals surface area contributed by atoms with Gasteiger partial charge in [0.25, 0.3) is 5.69 Å². The highest BCUT2D eigenvalue weighted by Crippen LogP contribution is 2.28. The summed E-state index contributed by atoms with van der Waals surface area (Å²) in [6.45, 7) is 2.11. The van der Waals surface area contributed by atoms with Gasteiger partial charge in [-0.15, -0.1) is 10.2 Å². The molecule has 1 aromatic heterocycles. The van der Waals surface area contributed by atoms with Crippen LogP contribution in [-0.2, 0) is 5.75 Å². The van der Waals surface area contributed by atoms with Crippen LogP contribution in [0.3, 0.4) is 0 Å². The number of nitro benzene ring substituents is 1. The Bertz CT molecular complexity index is 957. The lowest BCUT2D eigenvalue weighted by atomic mass is 10.1. The molecule has 0 fully saturated rings. The normalized spacial score (nSPS) is 10.6. The van der Waals surface area contributed by atoms with Gasteiger partial charge in [-0.25, -0.2) is 0 Å². The van der Waals surface area contributed by atoms with Crippen molar-refractivity contribution in [1.82, 2.24) is 10.2 Å². The first-order valence-electron chi connectivity index (χ1n) is 8.04. The minimum Gasteiger partial charge on any atom is -0.353 e. The fourth-order valence-electron chi connectivity index (χ4n) is 2.31. The summed E-state index contributed by atoms with van der Waals surface area (Å²) in [7, 11) is 0. The van der Waals surface area contributed by atoms with E-state index in [0.717, 1.165) is 10.1 Å². The molecule has 0 saturated heterocycles. The Balaban J connectivity index is 1.51. The molecule has 9 heteroatoms. The number of anilines is 1. The van der Waals surface area contributed by atoms with E-state index in [4.69, 9.17) is 0 Å². The molecule has 0 atom stereocenters. The van der Waals surface area contributed by atoms with Gasteiger partial charge in [0, 0.05) is 23.4 Å². The Morgan fingerprint density at radius 3 is 2.70 bits per heavy atom. The topological polar surface area (TPSA) is 98.0 Å². The maximum atomic E-state index is 12.2. The number of aryl methyl sites for hydroxylation is 1. The van der Waals surface area contributed by atoms with Crippen LogP contribution in [0, 0.1) is 17.0 Å². The summed E-state index contributed by atoms with van der Waals surface area (Å²) in [5.74, 6) is 0.631. The summed E-state index contributed by atoms with van der Waals surface area (Å²) < 4.78 is 0.821. The smallest absolute Gasteiger partial charge is 0.269 e. The summed E-state index contributed by atoms with van der Waals surface area (Å²) in [5, 5.41) is 22.3. The highest BCUT2D eigenvalue weighted by molar-refractivity contribution is 8.00. The zero-order chi connectivity index (χ0) is 19.2. The number of carbonyl (C=O) groups is 1. The lowest BCUT2D eigenvalue weighted by Gasteiger charge is -2.02. The predicted molar refractivity (Wildman–Crippen MR) is 107 cm³/mol. The van der Waals surface area contributed by atoms with Crippen molar-refractivity contribution >= 4 is 39.7 Å². The first-order chi connectivity index (χ1) is 13.0. The molecular weight excluding hydrogens is 384 g/mol. The van der Waals surface area contributed by atoms with Gasteiger partial charge in [0.15, 0.2) is 10.1 Å². The summed E-state index contributed by atoms with van der Waals surface area (Å²) in [6.07, 6.45) is 0. The van der Waals surface area contributed by atoms with Crippen LogP contribution in [0.2, 0.25) is 0 Å². The van der Waals surface area contributed by atoms with Crippen LogP contribution < -0.4 is 5.32 Å². The Morgan fingerprint density at radius 1 is 1.22 bits per heavy atom. The second-order valence-electron chi connectivity index (χ2n) is 5.73. The molecule has 0 bridgehead atoms. The van der Waals surface area contributed by atoms with Gasteiger partial charge in [0.05, 0.1) is 11.5 Å². The highest BCUT2D eigenvalue weighted by atomic mass is 32.2. The summed E-state index contributed by atoms with van der Waals surface area (Å²) >= 11 is 2.98. The molecule has 0 aliphatic carbocycles. The predicted octanol–water partition coefficient (Wildman–Crippen LogP) is 4.34. The van der Waals surface area contributed by atoms with E-state index in [0.29, 0.717) is 10.7 Å². The number of non-ortho nitro benzene ring substituents is 1. The van der Waals surface area contributed by atoms with Crippen molar-refractivity contribution < 1.29 is 9.72 Å². The molecule has 27 heavy (non-hydrogen) atoms. The molecule has 0 saturated carbocycles. The maximum Gasteiger partial charge on any atom is 0.269 e. The third-order valence-electron chi connectivity index (χ3n) is 3.65. The lowest BCUT2D eigenvalue weighted by Crippen LogP contribution is -2.13. The number of benzene rings is 2. The number of hydrogen-bond acceptors (Lipinski definition) is 8. The van der Waals surface area contributed by atoms with Crippen molar-refractivity contribution in [3.05, 3.63) is 75.3 Å². The first-order valence-corrected chi connectivity index (χ1v) is 9.85. The monoisotopic (exact) mass is 400 g/mol. The van der Waals surface area contributed by atoms with Gasteiger partial charge < -0.3 is 5.32 Å². The van der Waals surface area contributed by atoms with Gasteiger partial charge in [-0.2, -0.15) is 0 Å². The summed E-state index contributed by atoms with van der Waals surface area (Å²) in [5.41, 5.74) is 2.81. The molecule has 3 aromatic rings. The van der Waals surface area contributed by atoms with Crippen LogP contribution in [0.15, 0.2) is 52.9 Å². The Morgan fingerprint density at radius 2 is 2.00 bits per heavy atom. The lowest BCUT2D eigenvalue weighted by molar-refractivity contribution is -0.384. The number of Topliss-reactive ketones (excluding diaryl/α,β-unsaturated/α-hetero) is 1. The zero-order valence-electron chi connectivity index (χ0n) is 14.4. The van der Waals surface area contributed by atoms with Crippen LogP contribution in [0.5, 0.6) is 0 Å². The standard InChI is InChI=1S/C18H16N4O3S2/c1-12-3-2-4-13(9-12)11-26-18-21-20-17(27-18)19-10-16(23)14-5-7-15(8-6-14)22(24)25/h2-9H,10-11H2,1H3,(H,19,20). The highest BCUT2D eigenvalue weighted by Gasteiger charge is 2.11. The second kappa shape index (κ2) is 8.74. The van der Waals surface area contributed by atoms with Crippen molar-refractivity contribution in [3.63, 3.8) is 0 Å². The number of carbonyl (C=O) groups excluding carboxylic acids is 1. The number of nitrogens with zero attached hydrogens (tertiary/aromatic N) is 3. The molecule has 0 radical (unpaired) electrons. The van der Waals surface area contributed by atoms with E-state index < -0.39 is 4.92 Å². The number of nitrogens with one attached hydrogen (secondary N) is 1. The molecule has 0 unspecified atom stereocenters. The molecule has 0 aliphatic heterocycles. The number of thioether (sulfide) groups is 1. The number of hydrogen-bond donors (Lipinski definition) is 1. The van der Waals surface area contributed by atoms with Crippen molar-refractivity contribution in [1.29, 1.82) is 0 Å². The van der Waals surface area contributed by atoms with Gasteiger partial charge in [-0.3, -0.25) is 14.9 Å². The van der Waals surface area contributed by atoms with Gasteiger partial charge >= 0.3 is 0 Å². The third kappa shape index (κ3) is 5.35. The molecule has 0 aliphatic rings. The average molecular weight is 400 g/mol. The van der Waals surface area contributed by atoms with Crippen molar-refractivity contribution in [2.24, 2.45) is 0 Å². The molecule has 1 N–H and O–H groups in total. The van der Waals surface area contributed by atoms with Crippen molar-refractivity contribution in [3.8, 4) is 0 Å². The Labute approximate surface area is 164 Å².